The highest BCUT2D eigenvalue weighted by atomic mass is 16.5. The molecule has 0 aliphatic carbocycles. The van der Waals surface area contributed by atoms with Gasteiger partial charge in [0.05, 0.1) is 0 Å². The van der Waals surface area contributed by atoms with Gasteiger partial charge in [0.15, 0.2) is 5.78 Å². The zero-order valence-electron chi connectivity index (χ0n) is 10.9. The third kappa shape index (κ3) is 5.29. The number of benzene rings is 1. The topological polar surface area (TPSA) is 43.4 Å². The second-order valence-corrected chi connectivity index (χ2v) is 3.63. The van der Waals surface area contributed by atoms with E-state index in [1.165, 1.54) is 0 Å². The van der Waals surface area contributed by atoms with Gasteiger partial charge < -0.3 is 4.74 Å². The molecule has 94 valence electrons. The summed E-state index contributed by atoms with van der Waals surface area (Å²) in [5, 5.41) is 0. The Bertz CT molecular complexity index is 356. The fourth-order valence-electron chi connectivity index (χ4n) is 1.28. The van der Waals surface area contributed by atoms with Crippen molar-refractivity contribution in [3.05, 3.63) is 35.4 Å². The monoisotopic (exact) mass is 236 g/mol. The van der Waals surface area contributed by atoms with Crippen LogP contribution in [0.5, 0.6) is 0 Å². The van der Waals surface area contributed by atoms with Crippen LogP contribution in [0.2, 0.25) is 0 Å². The van der Waals surface area contributed by atoms with Gasteiger partial charge in [-0.25, -0.2) is 0 Å². The van der Waals surface area contributed by atoms with Crippen molar-refractivity contribution < 1.29 is 14.3 Å². The fraction of sp³-hybridized carbons (Fsp3) is 0.429. The second kappa shape index (κ2) is 8.50. The first kappa shape index (κ1) is 15.4. The Morgan fingerprint density at radius 1 is 1.35 bits per heavy atom. The summed E-state index contributed by atoms with van der Waals surface area (Å²) in [6, 6.07) is 7.14. The molecule has 0 spiro atoms. The molecule has 0 aliphatic rings. The summed E-state index contributed by atoms with van der Waals surface area (Å²) in [6.07, 6.45) is 0. The summed E-state index contributed by atoms with van der Waals surface area (Å²) in [5.74, 6) is 0.0789. The van der Waals surface area contributed by atoms with E-state index in [9.17, 15) is 9.59 Å². The molecule has 0 atom stereocenters. The average molecular weight is 236 g/mol. The van der Waals surface area contributed by atoms with Crippen molar-refractivity contribution in [2.45, 2.75) is 34.3 Å². The molecule has 0 heterocycles. The number of ketones is 1. The SMILES string of the molecule is CC.CC(C)C(=O)c1cccc(COC=O)c1. The van der Waals surface area contributed by atoms with Crippen LogP contribution in [0.4, 0.5) is 0 Å². The number of hydrogen-bond donors (Lipinski definition) is 0. The number of carbonyl (C=O) groups excluding carboxylic acids is 2. The summed E-state index contributed by atoms with van der Waals surface area (Å²) in [7, 11) is 0. The summed E-state index contributed by atoms with van der Waals surface area (Å²) in [6.45, 7) is 8.33. The number of hydrogen-bond acceptors (Lipinski definition) is 3. The highest BCUT2D eigenvalue weighted by molar-refractivity contribution is 5.97. The van der Waals surface area contributed by atoms with Gasteiger partial charge in [-0.2, -0.15) is 0 Å². The molecule has 3 heteroatoms. The lowest BCUT2D eigenvalue weighted by molar-refractivity contribution is -0.129. The smallest absolute Gasteiger partial charge is 0.293 e. The van der Waals surface area contributed by atoms with Crippen molar-refractivity contribution in [1.82, 2.24) is 0 Å². The number of rotatable bonds is 5. The lowest BCUT2D eigenvalue weighted by Crippen LogP contribution is -2.07. The summed E-state index contributed by atoms with van der Waals surface area (Å²) >= 11 is 0. The Hall–Kier alpha value is -1.64. The van der Waals surface area contributed by atoms with E-state index >= 15 is 0 Å². The predicted molar refractivity (Wildman–Crippen MR) is 67.8 cm³/mol. The maximum atomic E-state index is 11.7. The lowest BCUT2D eigenvalue weighted by Gasteiger charge is -2.06. The number of Topliss-reactive ketones (excluding diaryl/α,β-unsaturated/α-hetero) is 1. The van der Waals surface area contributed by atoms with Gasteiger partial charge >= 0.3 is 0 Å². The molecule has 1 aromatic carbocycles. The van der Waals surface area contributed by atoms with E-state index in [0.29, 0.717) is 12.0 Å². The van der Waals surface area contributed by atoms with Crippen LogP contribution in [0, 0.1) is 5.92 Å². The quantitative estimate of drug-likeness (QED) is 0.582. The first-order valence-corrected chi connectivity index (χ1v) is 5.83. The summed E-state index contributed by atoms with van der Waals surface area (Å²) < 4.78 is 4.62. The van der Waals surface area contributed by atoms with Crippen LogP contribution < -0.4 is 0 Å². The summed E-state index contributed by atoms with van der Waals surface area (Å²) in [4.78, 5) is 21.7. The van der Waals surface area contributed by atoms with E-state index in [4.69, 9.17) is 0 Å². The van der Waals surface area contributed by atoms with Crippen molar-refractivity contribution >= 4 is 12.3 Å². The van der Waals surface area contributed by atoms with Gasteiger partial charge in [-0.15, -0.1) is 0 Å². The first-order valence-electron chi connectivity index (χ1n) is 5.83. The zero-order valence-corrected chi connectivity index (χ0v) is 10.9. The van der Waals surface area contributed by atoms with E-state index in [-0.39, 0.29) is 18.3 Å². The van der Waals surface area contributed by atoms with Crippen molar-refractivity contribution in [2.24, 2.45) is 5.92 Å². The first-order chi connectivity index (χ1) is 8.15. The average Bonchev–Trinajstić information content (AvgIpc) is 2.38. The van der Waals surface area contributed by atoms with Gasteiger partial charge in [-0.3, -0.25) is 9.59 Å². The molecule has 0 fully saturated rings. The minimum atomic E-state index is -0.0211. The molecule has 0 bridgehead atoms. The van der Waals surface area contributed by atoms with E-state index < -0.39 is 0 Å². The lowest BCUT2D eigenvalue weighted by atomic mass is 10.00. The van der Waals surface area contributed by atoms with Gasteiger partial charge in [0, 0.05) is 11.5 Å². The molecule has 0 saturated heterocycles. The van der Waals surface area contributed by atoms with Crippen LogP contribution in [0.15, 0.2) is 24.3 Å². The van der Waals surface area contributed by atoms with Crippen molar-refractivity contribution in [3.8, 4) is 0 Å². The van der Waals surface area contributed by atoms with E-state index in [1.807, 2.05) is 33.8 Å². The largest absolute Gasteiger partial charge is 0.463 e. The van der Waals surface area contributed by atoms with E-state index in [0.717, 1.165) is 5.56 Å². The van der Waals surface area contributed by atoms with E-state index in [1.54, 1.807) is 18.2 Å². The molecular weight excluding hydrogens is 216 g/mol. The highest BCUT2D eigenvalue weighted by Gasteiger charge is 2.10. The maximum Gasteiger partial charge on any atom is 0.293 e. The minimum Gasteiger partial charge on any atom is -0.463 e. The van der Waals surface area contributed by atoms with Gasteiger partial charge in [0.25, 0.3) is 6.47 Å². The standard InChI is InChI=1S/C12H14O3.C2H6/c1-9(2)12(14)11-5-3-4-10(6-11)7-15-8-13;1-2/h3-6,8-9H,7H2,1-2H3;1-2H3. The Balaban J connectivity index is 0.00000121. The van der Waals surface area contributed by atoms with Crippen molar-refractivity contribution in [2.75, 3.05) is 0 Å². The van der Waals surface area contributed by atoms with Gasteiger partial charge in [-0.05, 0) is 11.6 Å². The molecule has 0 saturated carbocycles. The van der Waals surface area contributed by atoms with Crippen LogP contribution in [0.25, 0.3) is 0 Å². The molecule has 0 radical (unpaired) electrons. The Morgan fingerprint density at radius 3 is 2.53 bits per heavy atom. The molecule has 1 aromatic rings. The van der Waals surface area contributed by atoms with Crippen molar-refractivity contribution in [3.63, 3.8) is 0 Å². The number of carbonyl (C=O) groups is 2. The van der Waals surface area contributed by atoms with Crippen LogP contribution in [-0.4, -0.2) is 12.3 Å². The third-order valence-electron chi connectivity index (χ3n) is 2.05. The molecule has 0 aliphatic heterocycles. The Morgan fingerprint density at radius 2 is 2.00 bits per heavy atom. The Labute approximate surface area is 103 Å². The zero-order chi connectivity index (χ0) is 13.3. The number of ether oxygens (including phenoxy) is 1. The normalized spacial score (nSPS) is 9.24. The molecule has 3 nitrogen and oxygen atoms in total. The van der Waals surface area contributed by atoms with Gasteiger partial charge in [0.1, 0.15) is 6.61 Å². The van der Waals surface area contributed by atoms with Crippen LogP contribution in [-0.2, 0) is 16.1 Å². The highest BCUT2D eigenvalue weighted by Crippen LogP contribution is 2.11. The van der Waals surface area contributed by atoms with Crippen LogP contribution >= 0.6 is 0 Å². The second-order valence-electron chi connectivity index (χ2n) is 3.63. The minimum absolute atomic E-state index is 0.0211. The molecule has 17 heavy (non-hydrogen) atoms. The van der Waals surface area contributed by atoms with Crippen LogP contribution in [0.3, 0.4) is 0 Å². The van der Waals surface area contributed by atoms with Crippen molar-refractivity contribution in [1.29, 1.82) is 0 Å². The molecular formula is C14H20O3. The molecule has 0 N–H and O–H groups in total. The Kier molecular flexibility index (Phi) is 7.68. The summed E-state index contributed by atoms with van der Waals surface area (Å²) in [5.41, 5.74) is 1.49. The van der Waals surface area contributed by atoms with E-state index in [2.05, 4.69) is 4.74 Å². The third-order valence-corrected chi connectivity index (χ3v) is 2.05. The fourth-order valence-corrected chi connectivity index (χ4v) is 1.28. The molecule has 1 rings (SSSR count). The molecule has 0 amide bonds. The molecule has 0 aromatic heterocycles. The van der Waals surface area contributed by atoms with Gasteiger partial charge in [0.2, 0.25) is 0 Å². The van der Waals surface area contributed by atoms with Gasteiger partial charge in [-0.1, -0.05) is 45.9 Å². The maximum absolute atomic E-state index is 11.7. The molecule has 0 unspecified atom stereocenters. The predicted octanol–water partition coefficient (Wildman–Crippen LogP) is 3.22. The van der Waals surface area contributed by atoms with Crippen LogP contribution in [0.1, 0.15) is 43.6 Å².